The number of aromatic nitrogens is 2. The second-order valence-electron chi connectivity index (χ2n) is 7.68. The summed E-state index contributed by atoms with van der Waals surface area (Å²) in [5.41, 5.74) is 3.43. The summed E-state index contributed by atoms with van der Waals surface area (Å²) in [7, 11) is -4.26. The van der Waals surface area contributed by atoms with Crippen molar-refractivity contribution in [1.29, 1.82) is 0 Å². The number of benzene rings is 3. The monoisotopic (exact) mass is 478 g/mol. The summed E-state index contributed by atoms with van der Waals surface area (Å²) in [4.78, 5) is 12.5. The van der Waals surface area contributed by atoms with Crippen molar-refractivity contribution in [3.8, 4) is 11.3 Å². The molecule has 0 bridgehead atoms. The Morgan fingerprint density at radius 1 is 0.912 bits per heavy atom. The van der Waals surface area contributed by atoms with E-state index < -0.39 is 32.7 Å². The Balaban J connectivity index is 1.49. The van der Waals surface area contributed by atoms with E-state index in [-0.39, 0.29) is 13.0 Å². The first-order chi connectivity index (χ1) is 16.4. The number of aromatic amines is 1. The average molecular weight is 479 g/mol. The zero-order chi connectivity index (χ0) is 24.0. The highest BCUT2D eigenvalue weighted by Gasteiger charge is 2.27. The maximum atomic E-state index is 14.1. The van der Waals surface area contributed by atoms with Gasteiger partial charge in [0.1, 0.15) is 16.8 Å². The van der Waals surface area contributed by atoms with Gasteiger partial charge in [-0.15, -0.1) is 0 Å². The quantitative estimate of drug-likeness (QED) is 0.343. The highest BCUT2D eigenvalue weighted by molar-refractivity contribution is 7.89. The van der Waals surface area contributed by atoms with E-state index in [1.54, 1.807) is 30.5 Å². The molecule has 34 heavy (non-hydrogen) atoms. The molecule has 1 aromatic heterocycles. The van der Waals surface area contributed by atoms with Gasteiger partial charge in [-0.3, -0.25) is 9.89 Å². The molecule has 3 aromatic carbocycles. The molecule has 0 aliphatic rings. The minimum absolute atomic E-state index is 0.110. The third-order valence-corrected chi connectivity index (χ3v) is 6.76. The van der Waals surface area contributed by atoms with Crippen molar-refractivity contribution in [1.82, 2.24) is 20.2 Å². The van der Waals surface area contributed by atoms with E-state index in [0.717, 1.165) is 34.5 Å². The number of halogens is 1. The number of hydrogen-bond acceptors (Lipinski definition) is 4. The van der Waals surface area contributed by atoms with Crippen LogP contribution in [0.15, 0.2) is 96.0 Å². The fraction of sp³-hybridized carbons (Fsp3) is 0.120. The Hall–Kier alpha value is -3.82. The summed E-state index contributed by atoms with van der Waals surface area (Å²) in [5, 5.41) is 9.60. The molecule has 0 aliphatic carbocycles. The summed E-state index contributed by atoms with van der Waals surface area (Å²) in [6.07, 6.45) is 1.78. The van der Waals surface area contributed by atoms with E-state index in [9.17, 15) is 17.6 Å². The zero-order valence-electron chi connectivity index (χ0n) is 18.1. The van der Waals surface area contributed by atoms with E-state index >= 15 is 0 Å². The standard InChI is InChI=1S/C25H23FN4O3S/c26-21-8-4-5-9-24(21)34(32,33)30-23(16-18-6-2-1-3-7-18)25(31)27-17-19-10-12-20(13-11-19)22-14-15-28-29-22/h1-15,23,30H,16-17H2,(H,27,31)(H,28,29). The van der Waals surface area contributed by atoms with Crippen molar-refractivity contribution in [3.05, 3.63) is 108 Å². The molecule has 1 unspecified atom stereocenters. The van der Waals surface area contributed by atoms with Crippen molar-refractivity contribution >= 4 is 15.9 Å². The van der Waals surface area contributed by atoms with Crippen LogP contribution in [0.3, 0.4) is 0 Å². The number of nitrogens with one attached hydrogen (secondary N) is 3. The number of H-pyrrole nitrogens is 1. The molecule has 0 radical (unpaired) electrons. The van der Waals surface area contributed by atoms with Crippen molar-refractivity contribution in [2.75, 3.05) is 0 Å². The first-order valence-corrected chi connectivity index (χ1v) is 12.1. The van der Waals surface area contributed by atoms with Gasteiger partial charge in [-0.05, 0) is 41.3 Å². The Labute approximate surface area is 197 Å². The number of carbonyl (C=O) groups excluding carboxylic acids is 1. The summed E-state index contributed by atoms with van der Waals surface area (Å²) in [6.45, 7) is 0.203. The molecule has 1 heterocycles. The Morgan fingerprint density at radius 2 is 1.62 bits per heavy atom. The molecule has 3 N–H and O–H groups in total. The van der Waals surface area contributed by atoms with Crippen LogP contribution in [0.4, 0.5) is 4.39 Å². The van der Waals surface area contributed by atoms with E-state index in [0.29, 0.717) is 0 Å². The van der Waals surface area contributed by atoms with E-state index in [4.69, 9.17) is 0 Å². The zero-order valence-corrected chi connectivity index (χ0v) is 18.9. The number of rotatable bonds is 9. The summed E-state index contributed by atoms with van der Waals surface area (Å²) in [5.74, 6) is -1.40. The highest BCUT2D eigenvalue weighted by Crippen LogP contribution is 2.17. The van der Waals surface area contributed by atoms with Gasteiger partial charge < -0.3 is 5.32 Å². The van der Waals surface area contributed by atoms with E-state index in [1.807, 2.05) is 36.4 Å². The normalized spacial score (nSPS) is 12.3. The van der Waals surface area contributed by atoms with Crippen LogP contribution in [0.5, 0.6) is 0 Å². The van der Waals surface area contributed by atoms with E-state index in [2.05, 4.69) is 20.2 Å². The van der Waals surface area contributed by atoms with Gasteiger partial charge in [0.05, 0.1) is 5.69 Å². The van der Waals surface area contributed by atoms with Gasteiger partial charge in [0.2, 0.25) is 15.9 Å². The summed E-state index contributed by atoms with van der Waals surface area (Å²) < 4.78 is 42.2. The molecule has 9 heteroatoms. The minimum Gasteiger partial charge on any atom is -0.351 e. The predicted octanol–water partition coefficient (Wildman–Crippen LogP) is 3.42. The molecule has 1 atom stereocenters. The highest BCUT2D eigenvalue weighted by atomic mass is 32.2. The van der Waals surface area contributed by atoms with Crippen LogP contribution < -0.4 is 10.0 Å². The summed E-state index contributed by atoms with van der Waals surface area (Å²) >= 11 is 0. The Bertz CT molecular complexity index is 1340. The molecule has 0 spiro atoms. The molecule has 0 saturated heterocycles. The summed E-state index contributed by atoms with van der Waals surface area (Å²) in [6, 6.07) is 22.3. The first-order valence-electron chi connectivity index (χ1n) is 10.6. The third-order valence-electron chi connectivity index (χ3n) is 5.26. The third kappa shape index (κ3) is 5.75. The number of amides is 1. The average Bonchev–Trinajstić information content (AvgIpc) is 3.38. The number of hydrogen-bond donors (Lipinski definition) is 3. The maximum absolute atomic E-state index is 14.1. The minimum atomic E-state index is -4.26. The van der Waals surface area contributed by atoms with Gasteiger partial charge in [0.25, 0.3) is 0 Å². The fourth-order valence-electron chi connectivity index (χ4n) is 3.48. The number of sulfonamides is 1. The van der Waals surface area contributed by atoms with Gasteiger partial charge >= 0.3 is 0 Å². The van der Waals surface area contributed by atoms with Crippen LogP contribution in [0.2, 0.25) is 0 Å². The second-order valence-corrected chi connectivity index (χ2v) is 9.36. The van der Waals surface area contributed by atoms with Crippen LogP contribution >= 0.6 is 0 Å². The van der Waals surface area contributed by atoms with Gasteiger partial charge in [-0.2, -0.15) is 9.82 Å². The molecular weight excluding hydrogens is 455 g/mol. The van der Waals surface area contributed by atoms with Gasteiger partial charge in [-0.25, -0.2) is 12.8 Å². The van der Waals surface area contributed by atoms with Gasteiger partial charge in [-0.1, -0.05) is 66.7 Å². The first kappa shape index (κ1) is 23.3. The smallest absolute Gasteiger partial charge is 0.244 e. The molecule has 174 valence electrons. The lowest BCUT2D eigenvalue weighted by atomic mass is 10.1. The topological polar surface area (TPSA) is 104 Å². The SMILES string of the molecule is O=C(NCc1ccc(-c2ccn[nH]2)cc1)C(Cc1ccccc1)NS(=O)(=O)c1ccccc1F. The molecule has 1 amide bonds. The maximum Gasteiger partial charge on any atom is 0.244 e. The Morgan fingerprint density at radius 3 is 2.29 bits per heavy atom. The van der Waals surface area contributed by atoms with Crippen LogP contribution in [-0.4, -0.2) is 30.6 Å². The molecular formula is C25H23FN4O3S. The lowest BCUT2D eigenvalue weighted by Crippen LogP contribution is -2.47. The van der Waals surface area contributed by atoms with Crippen LogP contribution in [0.1, 0.15) is 11.1 Å². The largest absolute Gasteiger partial charge is 0.351 e. The molecule has 4 aromatic rings. The lowest BCUT2D eigenvalue weighted by molar-refractivity contribution is -0.122. The number of nitrogens with zero attached hydrogens (tertiary/aromatic N) is 1. The van der Waals surface area contributed by atoms with Crippen LogP contribution in [0, 0.1) is 5.82 Å². The van der Waals surface area contributed by atoms with Crippen molar-refractivity contribution in [2.45, 2.75) is 23.9 Å². The molecule has 0 saturated carbocycles. The lowest BCUT2D eigenvalue weighted by Gasteiger charge is -2.19. The molecule has 0 aliphatic heterocycles. The van der Waals surface area contributed by atoms with Crippen molar-refractivity contribution in [3.63, 3.8) is 0 Å². The fourth-order valence-corrected chi connectivity index (χ4v) is 4.76. The number of carbonyl (C=O) groups is 1. The van der Waals surface area contributed by atoms with Gasteiger partial charge in [0, 0.05) is 12.7 Å². The van der Waals surface area contributed by atoms with Crippen LogP contribution in [0.25, 0.3) is 11.3 Å². The van der Waals surface area contributed by atoms with Gasteiger partial charge in [0.15, 0.2) is 0 Å². The van der Waals surface area contributed by atoms with Crippen molar-refractivity contribution in [2.24, 2.45) is 0 Å². The molecule has 7 nitrogen and oxygen atoms in total. The molecule has 0 fully saturated rings. The van der Waals surface area contributed by atoms with Crippen LogP contribution in [-0.2, 0) is 27.8 Å². The van der Waals surface area contributed by atoms with E-state index in [1.165, 1.54) is 12.1 Å². The molecule has 4 rings (SSSR count). The van der Waals surface area contributed by atoms with Crippen molar-refractivity contribution < 1.29 is 17.6 Å². The predicted molar refractivity (Wildman–Crippen MR) is 127 cm³/mol. The Kier molecular flexibility index (Phi) is 7.15. The second kappa shape index (κ2) is 10.4.